The van der Waals surface area contributed by atoms with Crippen molar-refractivity contribution in [1.29, 1.82) is 0 Å². The van der Waals surface area contributed by atoms with Crippen LogP contribution < -0.4 is 9.47 Å². The summed E-state index contributed by atoms with van der Waals surface area (Å²) in [6, 6.07) is 2.82. The molecule has 0 bridgehead atoms. The molecular formula is C15H21NO5. The van der Waals surface area contributed by atoms with Gasteiger partial charge in [-0.1, -0.05) is 6.92 Å². The Morgan fingerprint density at radius 3 is 2.48 bits per heavy atom. The molecule has 0 radical (unpaired) electrons. The lowest BCUT2D eigenvalue weighted by atomic mass is 9.89. The van der Waals surface area contributed by atoms with Gasteiger partial charge >= 0.3 is 0 Å². The molecule has 0 unspecified atom stereocenters. The molecule has 1 saturated carbocycles. The van der Waals surface area contributed by atoms with Crippen LogP contribution in [0.3, 0.4) is 0 Å². The molecule has 0 spiro atoms. The zero-order chi connectivity index (χ0) is 15.4. The highest BCUT2D eigenvalue weighted by Gasteiger charge is 2.24. The van der Waals surface area contributed by atoms with Gasteiger partial charge in [0.15, 0.2) is 11.5 Å². The summed E-state index contributed by atoms with van der Waals surface area (Å²) in [5.74, 6) is 1.50. The van der Waals surface area contributed by atoms with Crippen LogP contribution in [0.5, 0.6) is 11.5 Å². The monoisotopic (exact) mass is 295 g/mol. The highest BCUT2D eigenvalue weighted by Crippen LogP contribution is 2.37. The summed E-state index contributed by atoms with van der Waals surface area (Å²) in [4.78, 5) is 10.6. The van der Waals surface area contributed by atoms with Gasteiger partial charge in [-0.05, 0) is 37.7 Å². The van der Waals surface area contributed by atoms with Crippen LogP contribution in [0, 0.1) is 16.0 Å². The van der Waals surface area contributed by atoms with Crippen molar-refractivity contribution < 1.29 is 19.5 Å². The quantitative estimate of drug-likeness (QED) is 0.667. The first kappa shape index (κ1) is 15.6. The third-order valence-corrected chi connectivity index (χ3v) is 3.99. The number of nitro benzene ring substituents is 1. The fraction of sp³-hybridized carbons (Fsp3) is 0.600. The zero-order valence-electron chi connectivity index (χ0n) is 12.4. The number of nitro groups is 1. The van der Waals surface area contributed by atoms with Gasteiger partial charge in [0.2, 0.25) is 0 Å². The zero-order valence-corrected chi connectivity index (χ0v) is 12.4. The fourth-order valence-electron chi connectivity index (χ4n) is 2.67. The summed E-state index contributed by atoms with van der Waals surface area (Å²) >= 11 is 0. The maximum absolute atomic E-state index is 11.1. The molecule has 0 amide bonds. The number of hydrogen-bond donors (Lipinski definition) is 1. The number of methoxy groups -OCH3 is 1. The van der Waals surface area contributed by atoms with E-state index < -0.39 is 11.5 Å². The van der Waals surface area contributed by atoms with Gasteiger partial charge in [0, 0.05) is 0 Å². The normalized spacial score (nSPS) is 21.9. The predicted octanol–water partition coefficient (Wildman–Crippen LogP) is 3.05. The minimum Gasteiger partial charge on any atom is -0.493 e. The highest BCUT2D eigenvalue weighted by molar-refractivity contribution is 5.54. The molecule has 6 heteroatoms. The molecule has 1 aliphatic rings. The van der Waals surface area contributed by atoms with Crippen molar-refractivity contribution in [3.05, 3.63) is 27.8 Å². The minimum absolute atomic E-state index is 0.0645. The third-order valence-electron chi connectivity index (χ3n) is 3.99. The first-order chi connectivity index (χ1) is 10.0. The Hall–Kier alpha value is -1.82. The standard InChI is InChI=1S/C15H21NO5/c1-10-3-5-12(6-4-10)21-15-8-13(16(18)19)11(9-17)7-14(15)20-2/h7-8,10,12,17H,3-6,9H2,1-2H3. The fourth-order valence-corrected chi connectivity index (χ4v) is 2.67. The van der Waals surface area contributed by atoms with E-state index in [-0.39, 0.29) is 17.4 Å². The number of hydrogen-bond acceptors (Lipinski definition) is 5. The highest BCUT2D eigenvalue weighted by atomic mass is 16.6. The van der Waals surface area contributed by atoms with Crippen LogP contribution in [0.4, 0.5) is 5.69 Å². The van der Waals surface area contributed by atoms with Gasteiger partial charge in [-0.3, -0.25) is 10.1 Å². The molecule has 0 saturated heterocycles. The molecule has 0 atom stereocenters. The summed E-state index contributed by atoms with van der Waals surface area (Å²) in [6.45, 7) is 1.81. The Morgan fingerprint density at radius 1 is 1.29 bits per heavy atom. The Kier molecular flexibility index (Phi) is 5.01. The van der Waals surface area contributed by atoms with Crippen molar-refractivity contribution in [2.24, 2.45) is 5.92 Å². The lowest BCUT2D eigenvalue weighted by Gasteiger charge is -2.27. The number of aliphatic hydroxyl groups is 1. The first-order valence-electron chi connectivity index (χ1n) is 7.18. The second kappa shape index (κ2) is 6.76. The van der Waals surface area contributed by atoms with Crippen LogP contribution in [0.25, 0.3) is 0 Å². The van der Waals surface area contributed by atoms with Gasteiger partial charge < -0.3 is 14.6 Å². The molecule has 1 fully saturated rings. The molecular weight excluding hydrogens is 274 g/mol. The van der Waals surface area contributed by atoms with Crippen molar-refractivity contribution in [1.82, 2.24) is 0 Å². The van der Waals surface area contributed by atoms with E-state index in [1.54, 1.807) is 0 Å². The molecule has 1 aromatic rings. The van der Waals surface area contributed by atoms with Crippen LogP contribution in [-0.4, -0.2) is 23.2 Å². The van der Waals surface area contributed by atoms with E-state index in [0.29, 0.717) is 17.4 Å². The van der Waals surface area contributed by atoms with E-state index in [4.69, 9.17) is 9.47 Å². The van der Waals surface area contributed by atoms with Gasteiger partial charge in [0.1, 0.15) is 0 Å². The summed E-state index contributed by atoms with van der Waals surface area (Å²) < 4.78 is 11.1. The van der Waals surface area contributed by atoms with Crippen LogP contribution in [-0.2, 0) is 6.61 Å². The van der Waals surface area contributed by atoms with E-state index in [9.17, 15) is 15.2 Å². The van der Waals surface area contributed by atoms with Gasteiger partial charge in [-0.15, -0.1) is 0 Å². The van der Waals surface area contributed by atoms with E-state index in [2.05, 4.69) is 6.92 Å². The molecule has 1 aliphatic carbocycles. The van der Waals surface area contributed by atoms with Crippen LogP contribution in [0.2, 0.25) is 0 Å². The van der Waals surface area contributed by atoms with Crippen molar-refractivity contribution >= 4 is 5.69 Å². The van der Waals surface area contributed by atoms with E-state index in [1.807, 2.05) is 0 Å². The average molecular weight is 295 g/mol. The van der Waals surface area contributed by atoms with E-state index >= 15 is 0 Å². The Labute approximate surface area is 123 Å². The summed E-state index contributed by atoms with van der Waals surface area (Å²) in [6.07, 6.45) is 4.16. The predicted molar refractivity (Wildman–Crippen MR) is 77.6 cm³/mol. The van der Waals surface area contributed by atoms with Crippen molar-refractivity contribution in [3.8, 4) is 11.5 Å². The Bertz CT molecular complexity index is 509. The molecule has 1 N–H and O–H groups in total. The smallest absolute Gasteiger partial charge is 0.278 e. The molecule has 116 valence electrons. The first-order valence-corrected chi connectivity index (χ1v) is 7.18. The summed E-state index contributed by atoms with van der Waals surface area (Å²) in [5.41, 5.74) is 0.0824. The van der Waals surface area contributed by atoms with E-state index in [1.165, 1.54) is 19.2 Å². The molecule has 0 aromatic heterocycles. The lowest BCUT2D eigenvalue weighted by molar-refractivity contribution is -0.386. The summed E-state index contributed by atoms with van der Waals surface area (Å²) in [7, 11) is 1.48. The SMILES string of the molecule is COc1cc(CO)c([N+](=O)[O-])cc1OC1CCC(C)CC1. The number of rotatable bonds is 5. The van der Waals surface area contributed by atoms with E-state index in [0.717, 1.165) is 25.7 Å². The molecule has 1 aromatic carbocycles. The topological polar surface area (TPSA) is 81.8 Å². The van der Waals surface area contributed by atoms with Gasteiger partial charge in [0.05, 0.1) is 36.4 Å². The maximum atomic E-state index is 11.1. The second-order valence-electron chi connectivity index (χ2n) is 5.55. The summed E-state index contributed by atoms with van der Waals surface area (Å²) in [5, 5.41) is 20.3. The van der Waals surface area contributed by atoms with Gasteiger partial charge in [-0.25, -0.2) is 0 Å². The number of benzene rings is 1. The van der Waals surface area contributed by atoms with Crippen LogP contribution in [0.15, 0.2) is 12.1 Å². The number of aliphatic hydroxyl groups excluding tert-OH is 1. The number of nitrogens with zero attached hydrogens (tertiary/aromatic N) is 1. The Balaban J connectivity index is 2.24. The largest absolute Gasteiger partial charge is 0.493 e. The third kappa shape index (κ3) is 3.64. The average Bonchev–Trinajstić information content (AvgIpc) is 2.49. The van der Waals surface area contributed by atoms with Gasteiger partial charge in [0.25, 0.3) is 5.69 Å². The molecule has 0 aliphatic heterocycles. The Morgan fingerprint density at radius 2 is 1.95 bits per heavy atom. The molecule has 0 heterocycles. The van der Waals surface area contributed by atoms with Crippen molar-refractivity contribution in [2.75, 3.05) is 7.11 Å². The van der Waals surface area contributed by atoms with Crippen molar-refractivity contribution in [3.63, 3.8) is 0 Å². The van der Waals surface area contributed by atoms with Crippen LogP contribution in [0.1, 0.15) is 38.2 Å². The molecule has 6 nitrogen and oxygen atoms in total. The maximum Gasteiger partial charge on any atom is 0.278 e. The van der Waals surface area contributed by atoms with Gasteiger partial charge in [-0.2, -0.15) is 0 Å². The molecule has 21 heavy (non-hydrogen) atoms. The number of ether oxygens (including phenoxy) is 2. The minimum atomic E-state index is -0.513. The second-order valence-corrected chi connectivity index (χ2v) is 5.55. The van der Waals surface area contributed by atoms with Crippen molar-refractivity contribution in [2.45, 2.75) is 45.3 Å². The lowest BCUT2D eigenvalue weighted by Crippen LogP contribution is -2.23. The van der Waals surface area contributed by atoms with Crippen LogP contribution >= 0.6 is 0 Å². The molecule has 2 rings (SSSR count).